The van der Waals surface area contributed by atoms with Crippen molar-refractivity contribution in [2.24, 2.45) is 5.92 Å². The van der Waals surface area contributed by atoms with Crippen LogP contribution < -0.4 is 16.0 Å². The molecule has 0 spiro atoms. The van der Waals surface area contributed by atoms with Crippen LogP contribution in [0.1, 0.15) is 74.5 Å². The van der Waals surface area contributed by atoms with Gasteiger partial charge in [-0.15, -0.1) is 0 Å². The van der Waals surface area contributed by atoms with Crippen LogP contribution in [0.2, 0.25) is 5.02 Å². The van der Waals surface area contributed by atoms with Crippen molar-refractivity contribution in [2.75, 3.05) is 11.9 Å². The first-order chi connectivity index (χ1) is 18.8. The second kappa shape index (κ2) is 11.6. The molecule has 3 amide bonds. The number of hydrogen-bond acceptors (Lipinski definition) is 4. The van der Waals surface area contributed by atoms with Gasteiger partial charge in [0.1, 0.15) is 24.1 Å². The van der Waals surface area contributed by atoms with Gasteiger partial charge in [-0.3, -0.25) is 19.1 Å². The van der Waals surface area contributed by atoms with Crippen LogP contribution in [0.4, 0.5) is 23.2 Å². The minimum atomic E-state index is -4.60. The maximum absolute atomic E-state index is 15.1. The Hall–Kier alpha value is -3.41. The Morgan fingerprint density at radius 3 is 2.38 bits per heavy atom. The van der Waals surface area contributed by atoms with Crippen LogP contribution in [-0.2, 0) is 9.59 Å². The van der Waals surface area contributed by atoms with Crippen molar-refractivity contribution in [3.8, 4) is 0 Å². The van der Waals surface area contributed by atoms with Crippen molar-refractivity contribution in [3.05, 3.63) is 57.6 Å². The monoisotopic (exact) mass is 583 g/mol. The summed E-state index contributed by atoms with van der Waals surface area (Å²) >= 11 is 6.27. The number of anilines is 1. The smallest absolute Gasteiger partial charge is 0.346 e. The summed E-state index contributed by atoms with van der Waals surface area (Å²) in [6, 6.07) is 2.41. The van der Waals surface area contributed by atoms with Crippen molar-refractivity contribution in [1.29, 1.82) is 0 Å². The Balaban J connectivity index is 1.56. The fourth-order valence-corrected chi connectivity index (χ4v) is 4.87. The number of rotatable bonds is 10. The van der Waals surface area contributed by atoms with Gasteiger partial charge >= 0.3 is 6.18 Å². The summed E-state index contributed by atoms with van der Waals surface area (Å²) in [4.78, 5) is 39.0. The molecule has 0 radical (unpaired) electrons. The van der Waals surface area contributed by atoms with Gasteiger partial charge in [0, 0.05) is 17.3 Å². The highest BCUT2D eigenvalue weighted by molar-refractivity contribution is 6.32. The number of allylic oxidation sites excluding steroid dienone is 1. The van der Waals surface area contributed by atoms with Gasteiger partial charge in [-0.2, -0.15) is 18.3 Å². The zero-order valence-corrected chi connectivity index (χ0v) is 22.9. The van der Waals surface area contributed by atoms with E-state index >= 15 is 4.39 Å². The second-order valence-corrected chi connectivity index (χ2v) is 10.8. The van der Waals surface area contributed by atoms with E-state index in [9.17, 15) is 27.6 Å². The molecule has 40 heavy (non-hydrogen) atoms. The number of halogens is 5. The number of carbonyl (C=O) groups is 3. The number of nitrogens with zero attached hydrogens (tertiary/aromatic N) is 2. The number of hydrogen-bond donors (Lipinski definition) is 3. The van der Waals surface area contributed by atoms with Gasteiger partial charge in [0.15, 0.2) is 0 Å². The van der Waals surface area contributed by atoms with E-state index in [0.29, 0.717) is 0 Å². The van der Waals surface area contributed by atoms with Gasteiger partial charge < -0.3 is 16.0 Å². The highest BCUT2D eigenvalue weighted by atomic mass is 35.5. The summed E-state index contributed by atoms with van der Waals surface area (Å²) in [5, 5.41) is 11.1. The Bertz CT molecular complexity index is 1340. The molecule has 1 aromatic heterocycles. The maximum atomic E-state index is 15.1. The van der Waals surface area contributed by atoms with Gasteiger partial charge in [0.25, 0.3) is 11.8 Å². The quantitative estimate of drug-likeness (QED) is 0.262. The number of benzene rings is 1. The highest BCUT2D eigenvalue weighted by Crippen LogP contribution is 2.46. The topological polar surface area (TPSA) is 105 Å². The molecule has 2 aromatic rings. The molecule has 0 unspecified atom stereocenters. The van der Waals surface area contributed by atoms with Crippen molar-refractivity contribution in [3.63, 3.8) is 0 Å². The SMILES string of the molecule is CC(C)n1nccc1C(=O)N[C@H](C(=O)Nc1cc(Cl)c([C@H](C)C(=O)NCC(F)(F)F)cc1F)C(=C1CC1)C1CC1. The molecule has 0 bridgehead atoms. The summed E-state index contributed by atoms with van der Waals surface area (Å²) < 4.78 is 54.1. The van der Waals surface area contributed by atoms with E-state index in [1.807, 2.05) is 13.8 Å². The fraction of sp³-hybridized carbons (Fsp3) is 0.481. The van der Waals surface area contributed by atoms with Gasteiger partial charge in [0.2, 0.25) is 5.91 Å². The molecular weight excluding hydrogens is 554 g/mol. The minimum Gasteiger partial charge on any atom is -0.346 e. The normalized spacial score (nSPS) is 16.4. The largest absolute Gasteiger partial charge is 0.405 e. The zero-order chi connectivity index (χ0) is 29.4. The number of amides is 3. The van der Waals surface area contributed by atoms with Crippen LogP contribution in [-0.4, -0.2) is 46.3 Å². The van der Waals surface area contributed by atoms with Crippen LogP contribution in [0.25, 0.3) is 0 Å². The van der Waals surface area contributed by atoms with E-state index in [2.05, 4.69) is 15.7 Å². The molecule has 8 nitrogen and oxygen atoms in total. The Labute approximate surface area is 233 Å². The number of alkyl halides is 3. The van der Waals surface area contributed by atoms with Gasteiger partial charge in [-0.05, 0) is 81.7 Å². The Morgan fingerprint density at radius 2 is 1.80 bits per heavy atom. The number of carbonyl (C=O) groups excluding carboxylic acids is 3. The third-order valence-corrected chi connectivity index (χ3v) is 7.16. The molecule has 216 valence electrons. The van der Waals surface area contributed by atoms with Gasteiger partial charge in [-0.1, -0.05) is 17.2 Å². The van der Waals surface area contributed by atoms with E-state index in [1.165, 1.54) is 17.8 Å². The van der Waals surface area contributed by atoms with Crippen molar-refractivity contribution < 1.29 is 31.9 Å². The van der Waals surface area contributed by atoms with Crippen molar-refractivity contribution in [1.82, 2.24) is 20.4 Å². The Kier molecular flexibility index (Phi) is 8.57. The first-order valence-electron chi connectivity index (χ1n) is 13.0. The van der Waals surface area contributed by atoms with Crippen molar-refractivity contribution >= 4 is 35.0 Å². The molecule has 4 rings (SSSR count). The molecule has 0 saturated heterocycles. The molecule has 2 aliphatic rings. The number of nitrogens with one attached hydrogen (secondary N) is 3. The van der Waals surface area contributed by atoms with E-state index in [1.54, 1.807) is 11.4 Å². The highest BCUT2D eigenvalue weighted by Gasteiger charge is 2.40. The third kappa shape index (κ3) is 7.01. The average molecular weight is 584 g/mol. The lowest BCUT2D eigenvalue weighted by Gasteiger charge is -2.23. The molecule has 0 aliphatic heterocycles. The average Bonchev–Trinajstić information content (AvgIpc) is 3.82. The second-order valence-electron chi connectivity index (χ2n) is 10.4. The van der Waals surface area contributed by atoms with E-state index in [0.717, 1.165) is 49.0 Å². The summed E-state index contributed by atoms with van der Waals surface area (Å²) in [6.07, 6.45) is 0.289. The first-order valence-corrected chi connectivity index (χ1v) is 13.3. The lowest BCUT2D eigenvalue weighted by atomic mass is 9.98. The maximum Gasteiger partial charge on any atom is 0.405 e. The first kappa shape index (κ1) is 29.6. The fourth-order valence-electron chi connectivity index (χ4n) is 4.55. The molecule has 13 heteroatoms. The van der Waals surface area contributed by atoms with Crippen LogP contribution in [0.5, 0.6) is 0 Å². The molecule has 2 aliphatic carbocycles. The molecule has 2 fully saturated rings. The van der Waals surface area contributed by atoms with E-state index in [4.69, 9.17) is 11.6 Å². The minimum absolute atomic E-state index is 0.0394. The molecule has 2 atom stereocenters. The predicted molar refractivity (Wildman–Crippen MR) is 140 cm³/mol. The summed E-state index contributed by atoms with van der Waals surface area (Å²) in [5.41, 5.74) is 1.87. The molecular formula is C27H30ClF4N5O3. The van der Waals surface area contributed by atoms with E-state index in [-0.39, 0.29) is 33.9 Å². The van der Waals surface area contributed by atoms with Gasteiger partial charge in [0.05, 0.1) is 11.6 Å². The third-order valence-electron chi connectivity index (χ3n) is 6.83. The molecule has 1 heterocycles. The standard InChI is InChI=1S/C27H30ClF4N5O3/c1-13(2)37-21(8-9-34-37)25(39)36-23(22(15-4-5-15)16-6-7-16)26(40)35-20-11-18(28)17(10-19(20)29)14(3)24(38)33-12-27(30,31)32/h8-11,13-15,23H,4-7,12H2,1-3H3,(H,33,38)(H,35,40)(H,36,39)/t14-,23-/m0/s1. The van der Waals surface area contributed by atoms with Crippen LogP contribution in [0.15, 0.2) is 35.5 Å². The molecule has 3 N–H and O–H groups in total. The van der Waals surface area contributed by atoms with Crippen LogP contribution >= 0.6 is 11.6 Å². The zero-order valence-electron chi connectivity index (χ0n) is 22.2. The number of aromatic nitrogens is 2. The summed E-state index contributed by atoms with van der Waals surface area (Å²) in [6.45, 7) is 3.50. The molecule has 2 saturated carbocycles. The van der Waals surface area contributed by atoms with Crippen molar-refractivity contribution in [2.45, 2.75) is 70.6 Å². The summed E-state index contributed by atoms with van der Waals surface area (Å²) in [5.74, 6) is -4.12. The van der Waals surface area contributed by atoms with E-state index < -0.39 is 48.2 Å². The van der Waals surface area contributed by atoms with Gasteiger partial charge in [-0.25, -0.2) is 4.39 Å². The van der Waals surface area contributed by atoms with Crippen LogP contribution in [0, 0.1) is 11.7 Å². The summed E-state index contributed by atoms with van der Waals surface area (Å²) in [7, 11) is 0. The lowest BCUT2D eigenvalue weighted by Crippen LogP contribution is -2.46. The Morgan fingerprint density at radius 1 is 1.12 bits per heavy atom. The predicted octanol–water partition coefficient (Wildman–Crippen LogP) is 5.28. The van der Waals surface area contributed by atoms with Crippen LogP contribution in [0.3, 0.4) is 0 Å². The lowest BCUT2D eigenvalue weighted by molar-refractivity contribution is -0.139. The molecule has 1 aromatic carbocycles.